The molecule has 0 unspecified atom stereocenters. The Bertz CT molecular complexity index is 1080. The number of hydrogen-bond donors (Lipinski definition) is 0. The molecule has 2 aromatic heterocycles. The van der Waals surface area contributed by atoms with Gasteiger partial charge in [0.25, 0.3) is 5.56 Å². The molecule has 0 aliphatic carbocycles. The van der Waals surface area contributed by atoms with Gasteiger partial charge in [-0.2, -0.15) is 0 Å². The Hall–Kier alpha value is -3.21. The molecule has 2 aromatic carbocycles. The number of benzene rings is 2. The van der Waals surface area contributed by atoms with Gasteiger partial charge in [0.1, 0.15) is 6.26 Å². The summed E-state index contributed by atoms with van der Waals surface area (Å²) in [5, 5.41) is 0.674. The summed E-state index contributed by atoms with van der Waals surface area (Å²) >= 11 is 0. The quantitative estimate of drug-likeness (QED) is 0.571. The molecule has 0 aliphatic heterocycles. The summed E-state index contributed by atoms with van der Waals surface area (Å²) in [6, 6.07) is 18.3. The number of fused-ring (bicyclic) bond motifs is 1. The molecular weight excluding hydrogens is 319 g/mol. The third-order valence-corrected chi connectivity index (χ3v) is 4.08. The second kappa shape index (κ2) is 6.36. The molecule has 0 N–H and O–H groups in total. The molecular formula is C20H15FN2O2. The summed E-state index contributed by atoms with van der Waals surface area (Å²) in [7, 11) is 0. The summed E-state index contributed by atoms with van der Waals surface area (Å²) in [5.41, 5.74) is 1.68. The minimum absolute atomic E-state index is 0.162. The average Bonchev–Trinajstić information content (AvgIpc) is 3.07. The maximum Gasteiger partial charge on any atom is 0.287 e. The summed E-state index contributed by atoms with van der Waals surface area (Å²) < 4.78 is 20.8. The van der Waals surface area contributed by atoms with Crippen molar-refractivity contribution in [1.29, 1.82) is 0 Å². The summed E-state index contributed by atoms with van der Waals surface area (Å²) in [6.45, 7) is 0.162. The van der Waals surface area contributed by atoms with Crippen molar-refractivity contribution >= 4 is 10.9 Å². The van der Waals surface area contributed by atoms with E-state index >= 15 is 0 Å². The van der Waals surface area contributed by atoms with E-state index in [1.54, 1.807) is 12.1 Å². The highest BCUT2D eigenvalue weighted by Crippen LogP contribution is 2.15. The smallest absolute Gasteiger partial charge is 0.287 e. The Labute approximate surface area is 143 Å². The Balaban J connectivity index is 1.66. The van der Waals surface area contributed by atoms with Gasteiger partial charge in [-0.3, -0.25) is 9.36 Å². The third kappa shape index (κ3) is 3.08. The monoisotopic (exact) mass is 334 g/mol. The van der Waals surface area contributed by atoms with Gasteiger partial charge in [0, 0.05) is 11.8 Å². The van der Waals surface area contributed by atoms with E-state index in [0.29, 0.717) is 28.9 Å². The Morgan fingerprint density at radius 1 is 1.04 bits per heavy atom. The van der Waals surface area contributed by atoms with Gasteiger partial charge in [0.15, 0.2) is 11.7 Å². The van der Waals surface area contributed by atoms with Crippen molar-refractivity contribution in [3.63, 3.8) is 0 Å². The lowest BCUT2D eigenvalue weighted by Crippen LogP contribution is -2.24. The number of rotatable bonds is 4. The van der Waals surface area contributed by atoms with Crippen LogP contribution in [-0.4, -0.2) is 9.55 Å². The van der Waals surface area contributed by atoms with Gasteiger partial charge >= 0.3 is 0 Å². The molecule has 0 radical (unpaired) electrons. The number of hydrogen-bond acceptors (Lipinski definition) is 3. The molecule has 4 aromatic rings. The first kappa shape index (κ1) is 15.3. The minimum atomic E-state index is -0.772. The van der Waals surface area contributed by atoms with Crippen LogP contribution in [-0.2, 0) is 13.0 Å². The second-order valence-electron chi connectivity index (χ2n) is 5.84. The van der Waals surface area contributed by atoms with E-state index < -0.39 is 11.4 Å². The van der Waals surface area contributed by atoms with E-state index in [-0.39, 0.29) is 6.54 Å². The van der Waals surface area contributed by atoms with Gasteiger partial charge in [-0.1, -0.05) is 48.5 Å². The number of aromatic nitrogens is 2. The molecule has 5 heteroatoms. The topological polar surface area (TPSA) is 48.0 Å². The molecule has 4 rings (SSSR count). The number of oxazole rings is 1. The fourth-order valence-corrected chi connectivity index (χ4v) is 2.88. The van der Waals surface area contributed by atoms with Crippen molar-refractivity contribution in [3.8, 4) is 0 Å². The van der Waals surface area contributed by atoms with Crippen molar-refractivity contribution < 1.29 is 8.81 Å². The van der Waals surface area contributed by atoms with Crippen molar-refractivity contribution in [2.45, 2.75) is 13.0 Å². The zero-order valence-corrected chi connectivity index (χ0v) is 13.4. The summed E-state index contributed by atoms with van der Waals surface area (Å²) in [4.78, 5) is 16.6. The molecule has 0 aliphatic rings. The van der Waals surface area contributed by atoms with Crippen molar-refractivity contribution in [1.82, 2.24) is 9.55 Å². The van der Waals surface area contributed by atoms with Gasteiger partial charge in [0.2, 0.25) is 0 Å². The molecule has 0 saturated heterocycles. The zero-order valence-electron chi connectivity index (χ0n) is 13.4. The molecule has 0 bridgehead atoms. The van der Waals surface area contributed by atoms with Crippen LogP contribution >= 0.6 is 0 Å². The predicted molar refractivity (Wildman–Crippen MR) is 93.0 cm³/mol. The van der Waals surface area contributed by atoms with Crippen LogP contribution in [0.1, 0.15) is 17.1 Å². The van der Waals surface area contributed by atoms with E-state index in [4.69, 9.17) is 4.42 Å². The van der Waals surface area contributed by atoms with E-state index in [2.05, 4.69) is 4.98 Å². The largest absolute Gasteiger partial charge is 0.448 e. The van der Waals surface area contributed by atoms with Gasteiger partial charge in [-0.15, -0.1) is 0 Å². The normalized spacial score (nSPS) is 11.1. The maximum absolute atomic E-state index is 13.9. The standard InChI is InChI=1S/C20H15FN2O2/c21-17-11-15-8-4-5-9-18(15)23(20(17)24)12-16-13-25-19(22-16)10-14-6-2-1-3-7-14/h1-9,11,13H,10,12H2. The fraction of sp³-hybridized carbons (Fsp3) is 0.100. The van der Waals surface area contributed by atoms with Crippen LogP contribution in [0.3, 0.4) is 0 Å². The molecule has 0 fully saturated rings. The summed E-state index contributed by atoms with van der Waals surface area (Å²) in [5.74, 6) is -0.207. The minimum Gasteiger partial charge on any atom is -0.448 e. The van der Waals surface area contributed by atoms with Gasteiger partial charge in [0.05, 0.1) is 17.8 Å². The Kier molecular flexibility index (Phi) is 3.90. The van der Waals surface area contributed by atoms with Gasteiger partial charge < -0.3 is 4.42 Å². The van der Waals surface area contributed by atoms with E-state index in [0.717, 1.165) is 5.56 Å². The van der Waals surface area contributed by atoms with Gasteiger partial charge in [-0.25, -0.2) is 9.37 Å². The van der Waals surface area contributed by atoms with Crippen molar-refractivity contribution in [2.75, 3.05) is 0 Å². The van der Waals surface area contributed by atoms with Crippen LogP contribution < -0.4 is 5.56 Å². The highest BCUT2D eigenvalue weighted by Gasteiger charge is 2.12. The Morgan fingerprint density at radius 2 is 1.80 bits per heavy atom. The molecule has 0 amide bonds. The molecule has 0 saturated carbocycles. The van der Waals surface area contributed by atoms with Gasteiger partial charge in [-0.05, 0) is 17.7 Å². The molecule has 4 nitrogen and oxygen atoms in total. The van der Waals surface area contributed by atoms with Crippen LogP contribution in [0.25, 0.3) is 10.9 Å². The molecule has 0 spiro atoms. The molecule has 2 heterocycles. The third-order valence-electron chi connectivity index (χ3n) is 4.08. The maximum atomic E-state index is 13.9. The first-order chi connectivity index (χ1) is 12.2. The van der Waals surface area contributed by atoms with Crippen LogP contribution in [0.4, 0.5) is 4.39 Å². The lowest BCUT2D eigenvalue weighted by Gasteiger charge is -2.08. The SMILES string of the molecule is O=c1c(F)cc2ccccc2n1Cc1coc(Cc2ccccc2)n1. The number of halogens is 1. The lowest BCUT2D eigenvalue weighted by molar-refractivity contribution is 0.506. The lowest BCUT2D eigenvalue weighted by atomic mass is 10.1. The van der Waals surface area contributed by atoms with Crippen LogP contribution in [0.15, 0.2) is 76.1 Å². The Morgan fingerprint density at radius 3 is 2.64 bits per heavy atom. The van der Waals surface area contributed by atoms with Crippen LogP contribution in [0.2, 0.25) is 0 Å². The second-order valence-corrected chi connectivity index (χ2v) is 5.84. The molecule has 25 heavy (non-hydrogen) atoms. The van der Waals surface area contributed by atoms with Crippen molar-refractivity contribution in [3.05, 3.63) is 100 Å². The number of nitrogens with zero attached hydrogens (tertiary/aromatic N) is 2. The van der Waals surface area contributed by atoms with Crippen LogP contribution in [0.5, 0.6) is 0 Å². The fourth-order valence-electron chi connectivity index (χ4n) is 2.88. The van der Waals surface area contributed by atoms with E-state index in [1.165, 1.54) is 16.9 Å². The predicted octanol–water partition coefficient (Wildman–Crippen LogP) is 3.77. The first-order valence-electron chi connectivity index (χ1n) is 7.96. The highest BCUT2D eigenvalue weighted by molar-refractivity contribution is 5.78. The number of pyridine rings is 1. The average molecular weight is 334 g/mol. The zero-order chi connectivity index (χ0) is 17.2. The van der Waals surface area contributed by atoms with Crippen molar-refractivity contribution in [2.24, 2.45) is 0 Å². The van der Waals surface area contributed by atoms with E-state index in [1.807, 2.05) is 42.5 Å². The highest BCUT2D eigenvalue weighted by atomic mass is 19.1. The van der Waals surface area contributed by atoms with E-state index in [9.17, 15) is 9.18 Å². The first-order valence-corrected chi connectivity index (χ1v) is 7.96. The van der Waals surface area contributed by atoms with Crippen LogP contribution in [0, 0.1) is 5.82 Å². The molecule has 124 valence electrons. The molecule has 0 atom stereocenters. The summed E-state index contributed by atoms with van der Waals surface area (Å²) in [6.07, 6.45) is 2.09. The number of para-hydroxylation sites is 1.